The van der Waals surface area contributed by atoms with Crippen LogP contribution in [0.15, 0.2) is 81.0 Å². The van der Waals surface area contributed by atoms with Gasteiger partial charge in [0.25, 0.3) is 5.91 Å². The molecule has 0 bridgehead atoms. The molecule has 1 aliphatic rings. The summed E-state index contributed by atoms with van der Waals surface area (Å²) >= 11 is 0. The first kappa shape index (κ1) is 46.4. The van der Waals surface area contributed by atoms with E-state index in [0.717, 1.165) is 19.3 Å². The lowest BCUT2D eigenvalue weighted by atomic mass is 9.75. The van der Waals surface area contributed by atoms with Crippen molar-refractivity contribution >= 4 is 5.91 Å². The highest BCUT2D eigenvalue weighted by Crippen LogP contribution is 2.39. The molecule has 1 heterocycles. The minimum Gasteiger partial charge on any atom is -0.391 e. The standard InChI is InChI=1S/C53H41NO4.24H2/c1-6-11-12-13-14-15-16-17-18-19-20-21-22-23-24-25-26-27-28-29-30-31-35-43-52(56)54-49(50(55)42-37-36-41-45-39-33-32-34-40-45)44-57-53-48(10-5)46(8-3)47(9-4)51(58-53)38-7-2;;;;;;;;;;;;;;;;;;;;;;;;/h7-10,32-34,39-40,46-51,53,55H,2-5,36-38,41-42,44H2,1H3,(H,54,56);24*1H/t46?,47-,48+,49+,50-,51?,53+;;;;;;;;;;;;;;;;;;;;;;;;/m1......................../s1. The number of aliphatic hydroxyl groups excluding tert-OH is 1. The topological polar surface area (TPSA) is 67.8 Å². The largest absolute Gasteiger partial charge is 0.391 e. The number of carbonyl (C=O) groups is 1. The van der Waals surface area contributed by atoms with Gasteiger partial charge in [0.1, 0.15) is 0 Å². The maximum atomic E-state index is 12.9. The van der Waals surface area contributed by atoms with E-state index in [1.54, 1.807) is 19.1 Å². The molecule has 330 valence electrons. The van der Waals surface area contributed by atoms with E-state index in [-0.39, 0.29) is 64.7 Å². The summed E-state index contributed by atoms with van der Waals surface area (Å²) in [4.78, 5) is 12.9. The van der Waals surface area contributed by atoms with Crippen LogP contribution in [0.25, 0.3) is 0 Å². The van der Waals surface area contributed by atoms with Gasteiger partial charge < -0.3 is 19.9 Å². The van der Waals surface area contributed by atoms with Crippen molar-refractivity contribution in [3.05, 3.63) is 86.5 Å². The average Bonchev–Trinajstić information content (AvgIpc) is 3.24. The second-order valence-electron chi connectivity index (χ2n) is 11.8. The molecule has 0 radical (unpaired) electrons. The van der Waals surface area contributed by atoms with E-state index in [2.05, 4.69) is 186 Å². The van der Waals surface area contributed by atoms with Crippen LogP contribution in [0, 0.1) is 160 Å². The molecule has 2 unspecified atom stereocenters. The van der Waals surface area contributed by atoms with Gasteiger partial charge >= 0.3 is 0 Å². The van der Waals surface area contributed by atoms with Gasteiger partial charge in [-0.2, -0.15) is 0 Å². The van der Waals surface area contributed by atoms with Gasteiger partial charge in [-0.1, -0.05) is 67.0 Å². The van der Waals surface area contributed by atoms with Crippen LogP contribution in [-0.2, 0) is 20.7 Å². The number of allylic oxidation sites excluding steroid dienone is 1. The maximum absolute atomic E-state index is 12.9. The van der Waals surface area contributed by atoms with E-state index in [9.17, 15) is 9.90 Å². The molecule has 5 heteroatoms. The zero-order valence-electron chi connectivity index (χ0n) is 32.5. The molecule has 2 N–H and O–H groups in total. The second kappa shape index (κ2) is 30.6. The molecule has 1 aliphatic heterocycles. The van der Waals surface area contributed by atoms with E-state index < -0.39 is 24.3 Å². The zero-order chi connectivity index (χ0) is 41.9. The molecular weight excluding hydrogens is 715 g/mol. The van der Waals surface area contributed by atoms with Gasteiger partial charge in [0.05, 0.1) is 24.9 Å². The quantitative estimate of drug-likeness (QED) is 0.105. The summed E-state index contributed by atoms with van der Waals surface area (Å²) in [5, 5.41) is 14.0. The molecule has 0 saturated carbocycles. The predicted octanol–water partition coefficient (Wildman–Crippen LogP) is 10.9. The van der Waals surface area contributed by atoms with E-state index in [1.165, 1.54) is 5.56 Å². The highest BCUT2D eigenvalue weighted by Gasteiger charge is 2.42. The lowest BCUT2D eigenvalue weighted by Gasteiger charge is -2.44. The van der Waals surface area contributed by atoms with Gasteiger partial charge in [-0.3, -0.25) is 4.79 Å². The van der Waals surface area contributed by atoms with E-state index in [4.69, 9.17) is 9.47 Å². The van der Waals surface area contributed by atoms with E-state index >= 15 is 0 Å². The number of carbonyl (C=O) groups excluding carboxylic acids is 1. The SMILES string of the molecule is C=CCC1O[C@H](OC[C@H](NC(=O)C#CC#CC#CC#CC#CC#CC#CC#CC#CC#CC#CC#CC)[C@H](O)CCCCc2ccccc2)[C@@H](C=C)C(C=C)[C@H]1C=C.[HH].[HH].[HH].[HH].[HH].[HH].[HH].[HH].[HH].[HH].[HH].[HH].[HH].[HH].[HH].[HH].[HH].[HH].[HH].[HH].[HH].[HH].[HH].[HH]. The first-order valence-corrected chi connectivity index (χ1v) is 18.2. The molecule has 5 nitrogen and oxygen atoms in total. The molecule has 1 fully saturated rings. The number of hydrogen-bond acceptors (Lipinski definition) is 4. The molecule has 0 aliphatic carbocycles. The summed E-state index contributed by atoms with van der Waals surface area (Å²) in [6.45, 7) is 17.6. The third-order valence-corrected chi connectivity index (χ3v) is 8.05. The average molecular weight is 804 g/mol. The second-order valence-corrected chi connectivity index (χ2v) is 11.8. The van der Waals surface area contributed by atoms with Gasteiger partial charge in [0.2, 0.25) is 0 Å². The fraction of sp³-hybridized carbons (Fsp3) is 0.264. The maximum Gasteiger partial charge on any atom is 0.297 e. The number of amides is 1. The number of benzene rings is 1. The van der Waals surface area contributed by atoms with Gasteiger partial charge in [-0.05, 0) is 139 Å². The Bertz CT molecular complexity index is 2490. The number of ether oxygens (including phenoxy) is 2. The van der Waals surface area contributed by atoms with Crippen molar-refractivity contribution in [3.63, 3.8) is 0 Å². The molecule has 2 rings (SSSR count). The molecule has 58 heavy (non-hydrogen) atoms. The summed E-state index contributed by atoms with van der Waals surface area (Å²) in [5.41, 5.74) is 1.22. The fourth-order valence-corrected chi connectivity index (χ4v) is 5.41. The third kappa shape index (κ3) is 19.5. The van der Waals surface area contributed by atoms with Crippen LogP contribution in [0.5, 0.6) is 0 Å². The molecular formula is C53H89NO4. The van der Waals surface area contributed by atoms with E-state index in [1.807, 2.05) is 30.4 Å². The van der Waals surface area contributed by atoms with Crippen LogP contribution >= 0.6 is 0 Å². The molecule has 1 saturated heterocycles. The van der Waals surface area contributed by atoms with Crippen molar-refractivity contribution in [2.45, 2.75) is 63.6 Å². The fourth-order valence-electron chi connectivity index (χ4n) is 5.41. The minimum absolute atomic E-state index is 0. The van der Waals surface area contributed by atoms with Gasteiger partial charge in [-0.25, -0.2) is 0 Å². The van der Waals surface area contributed by atoms with Crippen molar-refractivity contribution < 1.29 is 53.6 Å². The molecule has 0 aromatic heterocycles. The number of unbranched alkanes of at least 4 members (excludes halogenated alkanes) is 1. The van der Waals surface area contributed by atoms with E-state index in [0.29, 0.717) is 12.8 Å². The minimum atomic E-state index is -0.908. The van der Waals surface area contributed by atoms with Crippen molar-refractivity contribution in [3.8, 4) is 142 Å². The van der Waals surface area contributed by atoms with Gasteiger partial charge in [0.15, 0.2) is 6.29 Å². The van der Waals surface area contributed by atoms with Crippen LogP contribution in [0.4, 0.5) is 0 Å². The van der Waals surface area contributed by atoms with Crippen LogP contribution < -0.4 is 5.32 Å². The molecule has 0 spiro atoms. The van der Waals surface area contributed by atoms with Crippen LogP contribution in [0.3, 0.4) is 0 Å². The first-order chi connectivity index (χ1) is 28.5. The Morgan fingerprint density at radius 2 is 1.21 bits per heavy atom. The summed E-state index contributed by atoms with van der Waals surface area (Å²) in [7, 11) is 0. The Morgan fingerprint density at radius 1 is 0.724 bits per heavy atom. The number of hydrogen-bond donors (Lipinski definition) is 2. The summed E-state index contributed by atoms with van der Waals surface area (Å²) in [6, 6.07) is 9.37. The predicted molar refractivity (Wildman–Crippen MR) is 282 cm³/mol. The smallest absolute Gasteiger partial charge is 0.297 e. The number of aliphatic hydroxyl groups is 1. The zero-order valence-corrected chi connectivity index (χ0v) is 32.5. The first-order valence-electron chi connectivity index (χ1n) is 18.2. The normalized spacial score (nSPS) is 17.0. The molecule has 1 aromatic carbocycles. The lowest BCUT2D eigenvalue weighted by molar-refractivity contribution is -0.236. The van der Waals surface area contributed by atoms with Crippen LogP contribution in [0.2, 0.25) is 0 Å². The summed E-state index contributed by atoms with van der Waals surface area (Å²) < 4.78 is 12.6. The monoisotopic (exact) mass is 804 g/mol. The Balaban J connectivity index is -0.0000000691. The lowest BCUT2D eigenvalue weighted by Crippen LogP contribution is -2.50. The Hall–Kier alpha value is -7.75. The van der Waals surface area contributed by atoms with Crippen molar-refractivity contribution in [2.75, 3.05) is 6.61 Å². The Morgan fingerprint density at radius 3 is 1.67 bits per heavy atom. The number of nitrogens with one attached hydrogen (secondary N) is 1. The highest BCUT2D eigenvalue weighted by molar-refractivity contribution is 5.94. The summed E-state index contributed by atoms with van der Waals surface area (Å²) in [6.07, 6.45) is 8.98. The van der Waals surface area contributed by atoms with Crippen LogP contribution in [-0.4, -0.2) is 42.2 Å². The molecule has 7 atom stereocenters. The van der Waals surface area contributed by atoms with Gasteiger partial charge in [-0.15, -0.1) is 26.3 Å². The van der Waals surface area contributed by atoms with Crippen molar-refractivity contribution in [2.24, 2.45) is 17.8 Å². The van der Waals surface area contributed by atoms with Crippen LogP contribution in [0.1, 0.15) is 72.4 Å². The highest BCUT2D eigenvalue weighted by atomic mass is 16.7. The Labute approximate surface area is 381 Å². The number of rotatable bonds is 15. The third-order valence-electron chi connectivity index (χ3n) is 8.05. The number of aryl methyl sites for hydroxylation is 1. The van der Waals surface area contributed by atoms with Crippen molar-refractivity contribution in [1.29, 1.82) is 0 Å². The summed E-state index contributed by atoms with van der Waals surface area (Å²) in [5.74, 6) is 59.5. The van der Waals surface area contributed by atoms with Crippen molar-refractivity contribution in [1.82, 2.24) is 5.32 Å². The van der Waals surface area contributed by atoms with Gasteiger partial charge in [0, 0.05) is 87.5 Å². The Kier molecular flexibility index (Phi) is 24.5. The molecule has 1 amide bonds. The molecule has 1 aromatic rings.